The van der Waals surface area contributed by atoms with E-state index >= 15 is 0 Å². The summed E-state index contributed by atoms with van der Waals surface area (Å²) in [5.41, 5.74) is 0. The molecular weight excluding hydrogens is 168 g/mol. The summed E-state index contributed by atoms with van der Waals surface area (Å²) >= 11 is 0. The van der Waals surface area contributed by atoms with Crippen molar-refractivity contribution in [3.8, 4) is 0 Å². The summed E-state index contributed by atoms with van der Waals surface area (Å²) in [5.74, 6) is 0. The molecule has 0 aromatic carbocycles. The molecule has 0 heterocycles. The molecule has 2 N–H and O–H groups in total. The van der Waals surface area contributed by atoms with Gasteiger partial charge in [-0.05, 0) is 34.6 Å². The summed E-state index contributed by atoms with van der Waals surface area (Å²) in [6, 6.07) is 0.143. The number of rotatable bonds is 2. The fraction of sp³-hybridized carbons (Fsp3) is 1.00. The Hall–Kier alpha value is -0.160. The first-order chi connectivity index (χ1) is 5.95. The fourth-order valence-corrected chi connectivity index (χ4v) is 2.01. The van der Waals surface area contributed by atoms with Gasteiger partial charge in [-0.1, -0.05) is 0 Å². The summed E-state index contributed by atoms with van der Waals surface area (Å²) in [5, 5.41) is 19.5. The minimum absolute atomic E-state index is 0.0717. The third kappa shape index (κ3) is 2.02. The lowest BCUT2D eigenvalue weighted by molar-refractivity contribution is -0.00865. The lowest BCUT2D eigenvalue weighted by Crippen LogP contribution is -2.41. The summed E-state index contributed by atoms with van der Waals surface area (Å²) in [7, 11) is 7.72. The zero-order valence-electron chi connectivity index (χ0n) is 8.81. The normalized spacial score (nSPS) is 40.6. The maximum atomic E-state index is 9.73. The highest BCUT2D eigenvalue weighted by molar-refractivity contribution is 4.98. The van der Waals surface area contributed by atoms with E-state index in [2.05, 4.69) is 0 Å². The standard InChI is InChI=1S/C9H20N2O2/c1-10(2)6-5-7(11(3)4)9(13)8(6)12/h6-9,12-13H,5H2,1-4H3/t6-,7-,8+,9+/m0/s1. The molecule has 1 rings (SSSR count). The monoisotopic (exact) mass is 188 g/mol. The zero-order valence-corrected chi connectivity index (χ0v) is 8.81. The van der Waals surface area contributed by atoms with Crippen LogP contribution in [0, 0.1) is 0 Å². The highest BCUT2D eigenvalue weighted by Gasteiger charge is 2.43. The molecule has 1 fully saturated rings. The third-order valence-electron chi connectivity index (χ3n) is 2.95. The van der Waals surface area contributed by atoms with Crippen molar-refractivity contribution in [1.29, 1.82) is 0 Å². The smallest absolute Gasteiger partial charge is 0.0969 e. The van der Waals surface area contributed by atoms with Crippen molar-refractivity contribution in [2.75, 3.05) is 28.2 Å². The highest BCUT2D eigenvalue weighted by Crippen LogP contribution is 2.26. The summed E-state index contributed by atoms with van der Waals surface area (Å²) in [6.07, 6.45) is -0.424. The van der Waals surface area contributed by atoms with Gasteiger partial charge in [0, 0.05) is 12.1 Å². The maximum Gasteiger partial charge on any atom is 0.0969 e. The van der Waals surface area contributed by atoms with Crippen LogP contribution in [0.5, 0.6) is 0 Å². The minimum Gasteiger partial charge on any atom is -0.389 e. The second kappa shape index (κ2) is 3.92. The highest BCUT2D eigenvalue weighted by atomic mass is 16.3. The lowest BCUT2D eigenvalue weighted by Gasteiger charge is -2.23. The Labute approximate surface area is 79.8 Å². The minimum atomic E-state index is -0.623. The van der Waals surface area contributed by atoms with E-state index in [0.29, 0.717) is 0 Å². The number of nitrogens with zero attached hydrogens (tertiary/aromatic N) is 2. The zero-order chi connectivity index (χ0) is 10.2. The van der Waals surface area contributed by atoms with Crippen molar-refractivity contribution in [2.45, 2.75) is 30.7 Å². The van der Waals surface area contributed by atoms with Crippen LogP contribution in [0.2, 0.25) is 0 Å². The molecule has 1 saturated carbocycles. The quantitative estimate of drug-likeness (QED) is 0.582. The van der Waals surface area contributed by atoms with Crippen LogP contribution in [0.15, 0.2) is 0 Å². The molecule has 4 atom stereocenters. The van der Waals surface area contributed by atoms with E-state index in [1.165, 1.54) is 0 Å². The van der Waals surface area contributed by atoms with Crippen LogP contribution >= 0.6 is 0 Å². The van der Waals surface area contributed by atoms with E-state index in [1.54, 1.807) is 0 Å². The first kappa shape index (κ1) is 10.9. The van der Waals surface area contributed by atoms with Crippen LogP contribution in [-0.4, -0.2) is 72.5 Å². The van der Waals surface area contributed by atoms with Gasteiger partial charge in [-0.3, -0.25) is 0 Å². The van der Waals surface area contributed by atoms with Crippen molar-refractivity contribution < 1.29 is 10.2 Å². The van der Waals surface area contributed by atoms with Crippen LogP contribution in [-0.2, 0) is 0 Å². The van der Waals surface area contributed by atoms with Crippen LogP contribution in [0.1, 0.15) is 6.42 Å². The number of hydrogen-bond acceptors (Lipinski definition) is 4. The number of aliphatic hydroxyl groups excluding tert-OH is 2. The molecule has 0 aromatic heterocycles. The summed E-state index contributed by atoms with van der Waals surface area (Å²) in [6.45, 7) is 0. The predicted octanol–water partition coefficient (Wildman–Crippen LogP) is -1.03. The molecular formula is C9H20N2O2. The van der Waals surface area contributed by atoms with Crippen molar-refractivity contribution in [3.05, 3.63) is 0 Å². The van der Waals surface area contributed by atoms with E-state index in [1.807, 2.05) is 38.0 Å². The van der Waals surface area contributed by atoms with Gasteiger partial charge in [0.1, 0.15) is 0 Å². The molecule has 13 heavy (non-hydrogen) atoms. The maximum absolute atomic E-state index is 9.73. The average Bonchev–Trinajstić information content (AvgIpc) is 2.29. The number of likely N-dealkylation sites (N-methyl/N-ethyl adjacent to an activating group) is 2. The first-order valence-corrected chi connectivity index (χ1v) is 4.64. The molecule has 0 amide bonds. The number of aliphatic hydroxyl groups is 2. The van der Waals surface area contributed by atoms with Crippen molar-refractivity contribution in [3.63, 3.8) is 0 Å². The third-order valence-corrected chi connectivity index (χ3v) is 2.95. The molecule has 0 unspecified atom stereocenters. The Morgan fingerprint density at radius 2 is 1.15 bits per heavy atom. The van der Waals surface area contributed by atoms with Gasteiger partial charge in [-0.2, -0.15) is 0 Å². The Morgan fingerprint density at radius 3 is 1.31 bits per heavy atom. The molecule has 0 aliphatic heterocycles. The van der Waals surface area contributed by atoms with Gasteiger partial charge in [0.05, 0.1) is 12.2 Å². The lowest BCUT2D eigenvalue weighted by atomic mass is 10.2. The Bertz CT molecular complexity index is 155. The Balaban J connectivity index is 2.66. The largest absolute Gasteiger partial charge is 0.389 e. The molecule has 4 heteroatoms. The Morgan fingerprint density at radius 1 is 0.846 bits per heavy atom. The van der Waals surface area contributed by atoms with Crippen molar-refractivity contribution >= 4 is 0 Å². The van der Waals surface area contributed by atoms with Gasteiger partial charge in [0.2, 0.25) is 0 Å². The first-order valence-electron chi connectivity index (χ1n) is 4.64. The molecule has 0 saturated heterocycles. The van der Waals surface area contributed by atoms with E-state index in [4.69, 9.17) is 0 Å². The second-order valence-electron chi connectivity index (χ2n) is 4.28. The SMILES string of the molecule is CN(C)[C@H]1C[C@H](N(C)C)[C@@H](O)[C@@H]1O. The molecule has 0 radical (unpaired) electrons. The fourth-order valence-electron chi connectivity index (χ4n) is 2.01. The van der Waals surface area contributed by atoms with Crippen molar-refractivity contribution in [2.24, 2.45) is 0 Å². The molecule has 1 aliphatic rings. The summed E-state index contributed by atoms with van der Waals surface area (Å²) in [4.78, 5) is 3.94. The number of hydrogen-bond donors (Lipinski definition) is 2. The molecule has 0 bridgehead atoms. The van der Waals surface area contributed by atoms with Gasteiger partial charge in [-0.15, -0.1) is 0 Å². The van der Waals surface area contributed by atoms with Gasteiger partial charge >= 0.3 is 0 Å². The van der Waals surface area contributed by atoms with Gasteiger partial charge in [0.15, 0.2) is 0 Å². The van der Waals surface area contributed by atoms with E-state index in [0.717, 1.165) is 6.42 Å². The molecule has 1 aliphatic carbocycles. The Kier molecular flexibility index (Phi) is 3.29. The van der Waals surface area contributed by atoms with E-state index in [9.17, 15) is 10.2 Å². The second-order valence-corrected chi connectivity index (χ2v) is 4.28. The molecule has 4 nitrogen and oxygen atoms in total. The van der Waals surface area contributed by atoms with Gasteiger partial charge in [0.25, 0.3) is 0 Å². The van der Waals surface area contributed by atoms with Crippen LogP contribution in [0.4, 0.5) is 0 Å². The van der Waals surface area contributed by atoms with Crippen molar-refractivity contribution in [1.82, 2.24) is 9.80 Å². The topological polar surface area (TPSA) is 46.9 Å². The molecule has 0 spiro atoms. The van der Waals surface area contributed by atoms with E-state index in [-0.39, 0.29) is 12.1 Å². The molecule has 78 valence electrons. The van der Waals surface area contributed by atoms with Gasteiger partial charge in [-0.25, -0.2) is 0 Å². The van der Waals surface area contributed by atoms with E-state index < -0.39 is 12.2 Å². The van der Waals surface area contributed by atoms with Gasteiger partial charge < -0.3 is 20.0 Å². The van der Waals surface area contributed by atoms with Crippen LogP contribution in [0.3, 0.4) is 0 Å². The van der Waals surface area contributed by atoms with Crippen LogP contribution < -0.4 is 0 Å². The average molecular weight is 188 g/mol. The molecule has 0 aromatic rings. The predicted molar refractivity (Wildman–Crippen MR) is 51.6 cm³/mol. The summed E-state index contributed by atoms with van der Waals surface area (Å²) < 4.78 is 0. The van der Waals surface area contributed by atoms with Crippen LogP contribution in [0.25, 0.3) is 0 Å².